The highest BCUT2D eigenvalue weighted by molar-refractivity contribution is 5.81. The Kier molecular flexibility index (Phi) is 6.52. The van der Waals surface area contributed by atoms with Crippen LogP contribution in [0.25, 0.3) is 0 Å². The van der Waals surface area contributed by atoms with Crippen molar-refractivity contribution in [3.8, 4) is 0 Å². The van der Waals surface area contributed by atoms with Crippen LogP contribution < -0.4 is 5.32 Å². The summed E-state index contributed by atoms with van der Waals surface area (Å²) in [5, 5.41) is 11.9. The maximum atomic E-state index is 12.0. The first-order valence-corrected chi connectivity index (χ1v) is 6.76. The molecule has 0 aromatic carbocycles. The molecule has 4 heteroatoms. The fourth-order valence-corrected chi connectivity index (χ4v) is 2.28. The summed E-state index contributed by atoms with van der Waals surface area (Å²) in [7, 11) is 1.93. The molecular formula is C13H26N2O2. The zero-order chi connectivity index (χ0) is 12.7. The van der Waals surface area contributed by atoms with Gasteiger partial charge in [0.1, 0.15) is 0 Å². The second-order valence-electron chi connectivity index (χ2n) is 5.08. The van der Waals surface area contributed by atoms with E-state index < -0.39 is 0 Å². The van der Waals surface area contributed by atoms with Crippen LogP contribution in [-0.4, -0.2) is 48.2 Å². The number of aliphatic hydroxyl groups excluding tert-OH is 1. The first-order chi connectivity index (χ1) is 8.15. The van der Waals surface area contributed by atoms with E-state index in [4.69, 9.17) is 5.11 Å². The van der Waals surface area contributed by atoms with Gasteiger partial charge in [0.25, 0.3) is 0 Å². The van der Waals surface area contributed by atoms with Gasteiger partial charge in [-0.25, -0.2) is 0 Å². The zero-order valence-corrected chi connectivity index (χ0v) is 11.1. The van der Waals surface area contributed by atoms with Gasteiger partial charge in [-0.15, -0.1) is 0 Å². The number of nitrogens with one attached hydrogen (secondary N) is 1. The Bertz CT molecular complexity index is 227. The molecule has 17 heavy (non-hydrogen) atoms. The topological polar surface area (TPSA) is 52.6 Å². The molecule has 1 fully saturated rings. The molecule has 0 aromatic rings. The smallest absolute Gasteiger partial charge is 0.237 e. The number of carbonyl (C=O) groups excluding carboxylic acids is 1. The lowest BCUT2D eigenvalue weighted by Gasteiger charge is -2.28. The summed E-state index contributed by atoms with van der Waals surface area (Å²) >= 11 is 0. The van der Waals surface area contributed by atoms with Crippen LogP contribution in [0.3, 0.4) is 0 Å². The van der Waals surface area contributed by atoms with Crippen LogP contribution in [0.2, 0.25) is 0 Å². The Morgan fingerprint density at radius 1 is 1.41 bits per heavy atom. The lowest BCUT2D eigenvalue weighted by molar-refractivity contribution is -0.126. The van der Waals surface area contributed by atoms with Crippen molar-refractivity contribution in [1.82, 2.24) is 10.2 Å². The summed E-state index contributed by atoms with van der Waals surface area (Å²) in [5.74, 6) is 0.123. The quantitative estimate of drug-likeness (QED) is 0.734. The van der Waals surface area contributed by atoms with Crippen molar-refractivity contribution in [2.75, 3.05) is 20.2 Å². The highest BCUT2D eigenvalue weighted by Gasteiger charge is 2.21. The Labute approximate surface area is 104 Å². The number of carbonyl (C=O) groups is 1. The molecule has 0 radical (unpaired) electrons. The minimum Gasteiger partial charge on any atom is -0.396 e. The molecule has 1 amide bonds. The van der Waals surface area contributed by atoms with Gasteiger partial charge in [0.15, 0.2) is 0 Å². The third kappa shape index (κ3) is 5.04. The average Bonchev–Trinajstić information content (AvgIpc) is 2.36. The van der Waals surface area contributed by atoms with Crippen LogP contribution in [0, 0.1) is 0 Å². The lowest BCUT2D eigenvalue weighted by Crippen LogP contribution is -2.47. The van der Waals surface area contributed by atoms with Crippen LogP contribution in [0.4, 0.5) is 0 Å². The van der Waals surface area contributed by atoms with Gasteiger partial charge in [0.2, 0.25) is 5.91 Å². The minimum atomic E-state index is -0.108. The molecule has 1 rings (SSSR count). The van der Waals surface area contributed by atoms with Crippen molar-refractivity contribution in [3.63, 3.8) is 0 Å². The molecule has 0 aliphatic heterocycles. The summed E-state index contributed by atoms with van der Waals surface area (Å²) in [6.07, 6.45) is 6.74. The molecule has 4 nitrogen and oxygen atoms in total. The predicted octanol–water partition coefficient (Wildman–Crippen LogP) is 1.14. The van der Waals surface area contributed by atoms with E-state index in [9.17, 15) is 4.79 Å². The second kappa shape index (κ2) is 7.67. The van der Waals surface area contributed by atoms with E-state index in [1.54, 1.807) is 0 Å². The van der Waals surface area contributed by atoms with E-state index in [0.29, 0.717) is 6.04 Å². The molecule has 1 aliphatic rings. The normalized spacial score (nSPS) is 19.3. The number of amides is 1. The van der Waals surface area contributed by atoms with E-state index >= 15 is 0 Å². The number of likely N-dealkylation sites (N-methyl/N-ethyl adjacent to an activating group) is 1. The molecule has 1 unspecified atom stereocenters. The Balaban J connectivity index is 2.29. The highest BCUT2D eigenvalue weighted by atomic mass is 16.3. The van der Waals surface area contributed by atoms with Crippen molar-refractivity contribution in [1.29, 1.82) is 0 Å². The molecule has 0 aromatic heterocycles. The van der Waals surface area contributed by atoms with E-state index in [1.807, 2.05) is 18.9 Å². The third-order valence-electron chi connectivity index (χ3n) is 3.66. The molecule has 1 atom stereocenters. The number of hydrogen-bond donors (Lipinski definition) is 2. The monoisotopic (exact) mass is 242 g/mol. The molecule has 1 saturated carbocycles. The summed E-state index contributed by atoms with van der Waals surface area (Å²) in [5.41, 5.74) is 0. The number of hydrogen-bond acceptors (Lipinski definition) is 3. The molecule has 0 heterocycles. The summed E-state index contributed by atoms with van der Waals surface area (Å²) < 4.78 is 0. The second-order valence-corrected chi connectivity index (χ2v) is 5.08. The fraction of sp³-hybridized carbons (Fsp3) is 0.923. The maximum Gasteiger partial charge on any atom is 0.237 e. The molecule has 2 N–H and O–H groups in total. The summed E-state index contributed by atoms with van der Waals surface area (Å²) in [6, 6.07) is 0.272. The van der Waals surface area contributed by atoms with Gasteiger partial charge in [0, 0.05) is 19.2 Å². The zero-order valence-electron chi connectivity index (χ0n) is 11.1. The number of aliphatic hydroxyl groups is 1. The average molecular weight is 242 g/mol. The van der Waals surface area contributed by atoms with E-state index in [1.165, 1.54) is 19.3 Å². The fourth-order valence-electron chi connectivity index (χ4n) is 2.28. The number of nitrogens with zero attached hydrogens (tertiary/aromatic N) is 1. The van der Waals surface area contributed by atoms with Gasteiger partial charge in [-0.05, 0) is 33.2 Å². The molecule has 0 saturated heterocycles. The van der Waals surface area contributed by atoms with Crippen LogP contribution in [0.5, 0.6) is 0 Å². The van der Waals surface area contributed by atoms with Crippen LogP contribution in [0.1, 0.15) is 45.4 Å². The molecular weight excluding hydrogens is 216 g/mol. The summed E-state index contributed by atoms with van der Waals surface area (Å²) in [4.78, 5) is 14.0. The Hall–Kier alpha value is -0.610. The maximum absolute atomic E-state index is 12.0. The van der Waals surface area contributed by atoms with Gasteiger partial charge in [-0.2, -0.15) is 0 Å². The van der Waals surface area contributed by atoms with Gasteiger partial charge in [0.05, 0.1) is 6.04 Å². The van der Waals surface area contributed by atoms with Gasteiger partial charge in [-0.1, -0.05) is 19.3 Å². The van der Waals surface area contributed by atoms with E-state index in [0.717, 1.165) is 25.8 Å². The Morgan fingerprint density at radius 2 is 2.06 bits per heavy atom. The standard InChI is InChI=1S/C13H26N2O2/c1-11(15(2)9-6-10-16)13(17)14-12-7-4-3-5-8-12/h11-12,16H,3-10H2,1-2H3,(H,14,17). The van der Waals surface area contributed by atoms with Gasteiger partial charge in [-0.3, -0.25) is 9.69 Å². The van der Waals surface area contributed by atoms with E-state index in [-0.39, 0.29) is 18.6 Å². The lowest BCUT2D eigenvalue weighted by atomic mass is 9.95. The van der Waals surface area contributed by atoms with Crippen molar-refractivity contribution in [2.24, 2.45) is 0 Å². The predicted molar refractivity (Wildman–Crippen MR) is 68.8 cm³/mol. The number of rotatable bonds is 6. The molecule has 100 valence electrons. The SMILES string of the molecule is CC(C(=O)NC1CCCCC1)N(C)CCCO. The third-order valence-corrected chi connectivity index (χ3v) is 3.66. The summed E-state index contributed by atoms with van der Waals surface area (Å²) in [6.45, 7) is 2.87. The first kappa shape index (κ1) is 14.5. The van der Waals surface area contributed by atoms with Crippen molar-refractivity contribution in [2.45, 2.75) is 57.5 Å². The molecule has 0 spiro atoms. The minimum absolute atomic E-state index is 0.108. The highest BCUT2D eigenvalue weighted by Crippen LogP contribution is 2.17. The van der Waals surface area contributed by atoms with Gasteiger partial charge >= 0.3 is 0 Å². The first-order valence-electron chi connectivity index (χ1n) is 6.76. The van der Waals surface area contributed by atoms with Crippen molar-refractivity contribution < 1.29 is 9.90 Å². The van der Waals surface area contributed by atoms with Crippen molar-refractivity contribution in [3.05, 3.63) is 0 Å². The van der Waals surface area contributed by atoms with E-state index in [2.05, 4.69) is 5.32 Å². The van der Waals surface area contributed by atoms with Crippen LogP contribution in [0.15, 0.2) is 0 Å². The molecule has 1 aliphatic carbocycles. The Morgan fingerprint density at radius 3 is 2.65 bits per heavy atom. The van der Waals surface area contributed by atoms with Crippen LogP contribution >= 0.6 is 0 Å². The van der Waals surface area contributed by atoms with Gasteiger partial charge < -0.3 is 10.4 Å². The van der Waals surface area contributed by atoms with Crippen LogP contribution in [-0.2, 0) is 4.79 Å². The molecule has 0 bridgehead atoms. The largest absolute Gasteiger partial charge is 0.396 e. The van der Waals surface area contributed by atoms with Crippen molar-refractivity contribution >= 4 is 5.91 Å².